The van der Waals surface area contributed by atoms with E-state index in [1.54, 1.807) is 0 Å². The highest BCUT2D eigenvalue weighted by atomic mass is 16.5. The molecule has 0 spiro atoms. The van der Waals surface area contributed by atoms with Gasteiger partial charge in [0.15, 0.2) is 5.82 Å². The van der Waals surface area contributed by atoms with Gasteiger partial charge in [-0.15, -0.1) is 0 Å². The van der Waals surface area contributed by atoms with Crippen LogP contribution in [0, 0.1) is 17.2 Å². The van der Waals surface area contributed by atoms with Gasteiger partial charge >= 0.3 is 0 Å². The van der Waals surface area contributed by atoms with Crippen LogP contribution in [-0.4, -0.2) is 28.9 Å². The molecule has 90 valence electrons. The van der Waals surface area contributed by atoms with E-state index in [-0.39, 0.29) is 23.3 Å². The molecular formula is C10H13N5O2. The summed E-state index contributed by atoms with van der Waals surface area (Å²) in [5, 5.41) is 13.1. The summed E-state index contributed by atoms with van der Waals surface area (Å²) in [6.07, 6.45) is 2.12. The van der Waals surface area contributed by atoms with Crippen LogP contribution in [0.1, 0.15) is 22.8 Å². The second kappa shape index (κ2) is 4.43. The number of primary amides is 1. The van der Waals surface area contributed by atoms with E-state index in [9.17, 15) is 4.79 Å². The maximum Gasteiger partial charge on any atom is 0.254 e. The van der Waals surface area contributed by atoms with Gasteiger partial charge in [0.1, 0.15) is 5.56 Å². The quantitative estimate of drug-likeness (QED) is 0.726. The number of amides is 1. The lowest BCUT2D eigenvalue weighted by molar-refractivity contribution is 0.0342. The molecule has 1 saturated heterocycles. The SMILES string of the molecule is N#C[C@@H]1CCOC[C@H]1n1cc(C(N)=O)c(N)n1. The van der Waals surface area contributed by atoms with Crippen LogP contribution in [0.2, 0.25) is 0 Å². The molecule has 1 aliphatic heterocycles. The summed E-state index contributed by atoms with van der Waals surface area (Å²) in [5.41, 5.74) is 10.9. The lowest BCUT2D eigenvalue weighted by Gasteiger charge is -2.26. The molecule has 0 radical (unpaired) electrons. The maximum atomic E-state index is 11.1. The Bertz CT molecular complexity index is 476. The Balaban J connectivity index is 2.30. The highest BCUT2D eigenvalue weighted by Gasteiger charge is 2.29. The van der Waals surface area contributed by atoms with Crippen LogP contribution in [0.15, 0.2) is 6.20 Å². The third-order valence-corrected chi connectivity index (χ3v) is 2.86. The van der Waals surface area contributed by atoms with Crippen molar-refractivity contribution in [3.63, 3.8) is 0 Å². The van der Waals surface area contributed by atoms with Crippen molar-refractivity contribution in [1.82, 2.24) is 9.78 Å². The molecule has 0 aromatic carbocycles. The van der Waals surface area contributed by atoms with Gasteiger partial charge in [0, 0.05) is 12.8 Å². The first-order valence-electron chi connectivity index (χ1n) is 5.25. The van der Waals surface area contributed by atoms with Gasteiger partial charge in [-0.05, 0) is 6.42 Å². The van der Waals surface area contributed by atoms with Gasteiger partial charge in [-0.2, -0.15) is 10.4 Å². The molecule has 2 rings (SSSR count). The lowest BCUT2D eigenvalue weighted by Crippen LogP contribution is -2.29. The van der Waals surface area contributed by atoms with Gasteiger partial charge in [-0.3, -0.25) is 9.48 Å². The second-order valence-electron chi connectivity index (χ2n) is 3.94. The summed E-state index contributed by atoms with van der Waals surface area (Å²) in [6.45, 7) is 0.950. The Labute approximate surface area is 97.9 Å². The van der Waals surface area contributed by atoms with Crippen LogP contribution in [0.5, 0.6) is 0 Å². The Morgan fingerprint density at radius 2 is 2.47 bits per heavy atom. The third kappa shape index (κ3) is 2.07. The van der Waals surface area contributed by atoms with Crippen LogP contribution in [0.4, 0.5) is 5.82 Å². The monoisotopic (exact) mass is 235 g/mol. The third-order valence-electron chi connectivity index (χ3n) is 2.86. The molecule has 1 aromatic heterocycles. The van der Waals surface area contributed by atoms with Gasteiger partial charge < -0.3 is 16.2 Å². The fourth-order valence-electron chi connectivity index (χ4n) is 1.90. The van der Waals surface area contributed by atoms with E-state index in [1.165, 1.54) is 10.9 Å². The van der Waals surface area contributed by atoms with Crippen molar-refractivity contribution >= 4 is 11.7 Å². The van der Waals surface area contributed by atoms with Gasteiger partial charge in [0.05, 0.1) is 24.6 Å². The molecule has 1 fully saturated rings. The molecule has 1 amide bonds. The van der Waals surface area contributed by atoms with Gasteiger partial charge in [-0.1, -0.05) is 0 Å². The average Bonchev–Trinajstić information content (AvgIpc) is 2.71. The summed E-state index contributed by atoms with van der Waals surface area (Å²) < 4.78 is 6.81. The van der Waals surface area contributed by atoms with E-state index < -0.39 is 5.91 Å². The molecule has 2 heterocycles. The molecule has 0 unspecified atom stereocenters. The molecule has 0 aliphatic carbocycles. The van der Waals surface area contributed by atoms with Crippen LogP contribution in [0.3, 0.4) is 0 Å². The summed E-state index contributed by atoms with van der Waals surface area (Å²) in [7, 11) is 0. The molecule has 0 bridgehead atoms. The van der Waals surface area contributed by atoms with E-state index in [0.717, 1.165) is 0 Å². The van der Waals surface area contributed by atoms with Gasteiger partial charge in [0.25, 0.3) is 5.91 Å². The number of anilines is 1. The topological polar surface area (TPSA) is 120 Å². The lowest BCUT2D eigenvalue weighted by atomic mass is 9.97. The number of carbonyl (C=O) groups excluding carboxylic acids is 1. The standard InChI is InChI=1S/C10H13N5O2/c11-3-6-1-2-17-5-8(6)15-4-7(10(13)16)9(12)14-15/h4,6,8H,1-2,5H2,(H2,12,14)(H2,13,16)/t6-,8+/m0/s1. The first-order valence-corrected chi connectivity index (χ1v) is 5.25. The zero-order valence-corrected chi connectivity index (χ0v) is 9.17. The Kier molecular flexibility index (Phi) is 2.97. The smallest absolute Gasteiger partial charge is 0.254 e. The van der Waals surface area contributed by atoms with Gasteiger partial charge in [0.2, 0.25) is 0 Å². The number of nitrogen functional groups attached to an aromatic ring is 1. The minimum absolute atomic E-state index is 0.0831. The van der Waals surface area contributed by atoms with Crippen LogP contribution in [0.25, 0.3) is 0 Å². The number of nitrogens with zero attached hydrogens (tertiary/aromatic N) is 3. The molecule has 7 nitrogen and oxygen atoms in total. The number of rotatable bonds is 2. The van der Waals surface area contributed by atoms with E-state index in [4.69, 9.17) is 21.5 Å². The minimum atomic E-state index is -0.626. The van der Waals surface area contributed by atoms with Crippen molar-refractivity contribution in [1.29, 1.82) is 5.26 Å². The number of hydrogen-bond donors (Lipinski definition) is 2. The highest BCUT2D eigenvalue weighted by Crippen LogP contribution is 2.26. The second-order valence-corrected chi connectivity index (χ2v) is 3.94. The fourth-order valence-corrected chi connectivity index (χ4v) is 1.90. The van der Waals surface area contributed by atoms with Crippen molar-refractivity contribution in [2.45, 2.75) is 12.5 Å². The molecule has 1 aromatic rings. The number of ether oxygens (including phenoxy) is 1. The number of nitriles is 1. The Hall–Kier alpha value is -2.07. The van der Waals surface area contributed by atoms with E-state index in [1.807, 2.05) is 0 Å². The minimum Gasteiger partial charge on any atom is -0.382 e. The summed E-state index contributed by atoms with van der Waals surface area (Å²) in [5.74, 6) is -0.734. The number of hydrogen-bond acceptors (Lipinski definition) is 5. The van der Waals surface area contributed by atoms with Crippen LogP contribution < -0.4 is 11.5 Å². The molecule has 2 atom stereocenters. The van der Waals surface area contributed by atoms with Crippen molar-refractivity contribution in [2.24, 2.45) is 11.7 Å². The molecular weight excluding hydrogens is 222 g/mol. The average molecular weight is 235 g/mol. The number of aromatic nitrogens is 2. The molecule has 4 N–H and O–H groups in total. The zero-order valence-electron chi connectivity index (χ0n) is 9.17. The first-order chi connectivity index (χ1) is 8.13. The Morgan fingerprint density at radius 3 is 3.06 bits per heavy atom. The predicted octanol–water partition coefficient (Wildman–Crippen LogP) is -0.335. The molecule has 1 aliphatic rings. The van der Waals surface area contributed by atoms with Crippen LogP contribution in [-0.2, 0) is 4.74 Å². The van der Waals surface area contributed by atoms with Crippen molar-refractivity contribution < 1.29 is 9.53 Å². The van der Waals surface area contributed by atoms with E-state index in [0.29, 0.717) is 19.6 Å². The van der Waals surface area contributed by atoms with E-state index >= 15 is 0 Å². The molecule has 0 saturated carbocycles. The predicted molar refractivity (Wildman–Crippen MR) is 58.7 cm³/mol. The summed E-state index contributed by atoms with van der Waals surface area (Å²) in [6, 6.07) is 1.99. The largest absolute Gasteiger partial charge is 0.382 e. The summed E-state index contributed by atoms with van der Waals surface area (Å²) in [4.78, 5) is 11.1. The zero-order chi connectivity index (χ0) is 12.4. The first kappa shape index (κ1) is 11.4. The highest BCUT2D eigenvalue weighted by molar-refractivity contribution is 5.96. The normalized spacial score (nSPS) is 24.2. The number of nitrogens with two attached hydrogens (primary N) is 2. The van der Waals surface area contributed by atoms with Crippen molar-refractivity contribution in [3.8, 4) is 6.07 Å². The van der Waals surface area contributed by atoms with Gasteiger partial charge in [-0.25, -0.2) is 0 Å². The molecule has 17 heavy (non-hydrogen) atoms. The maximum absolute atomic E-state index is 11.1. The number of carbonyl (C=O) groups is 1. The molecule has 7 heteroatoms. The Morgan fingerprint density at radius 1 is 1.71 bits per heavy atom. The summed E-state index contributed by atoms with van der Waals surface area (Å²) >= 11 is 0. The van der Waals surface area contributed by atoms with Crippen molar-refractivity contribution in [3.05, 3.63) is 11.8 Å². The van der Waals surface area contributed by atoms with Crippen molar-refractivity contribution in [2.75, 3.05) is 18.9 Å². The van der Waals surface area contributed by atoms with Crippen LogP contribution >= 0.6 is 0 Å². The fraction of sp³-hybridized carbons (Fsp3) is 0.500. The van der Waals surface area contributed by atoms with E-state index in [2.05, 4.69) is 11.2 Å².